The van der Waals surface area contributed by atoms with Gasteiger partial charge in [0, 0.05) is 13.1 Å². The molecule has 2 aromatic rings. The third kappa shape index (κ3) is 5.43. The van der Waals surface area contributed by atoms with E-state index in [1.54, 1.807) is 0 Å². The van der Waals surface area contributed by atoms with Crippen LogP contribution in [-0.2, 0) is 20.8 Å². The summed E-state index contributed by atoms with van der Waals surface area (Å²) >= 11 is 0. The Balaban J connectivity index is 0.00000385. The van der Waals surface area contributed by atoms with Crippen molar-refractivity contribution in [3.63, 3.8) is 0 Å². The largest absolute Gasteiger partial charge is 0.457 e. The normalized spacial score (nSPS) is 16.5. The highest BCUT2D eigenvalue weighted by Crippen LogP contribution is 2.37. The average Bonchev–Trinajstić information content (AvgIpc) is 2.78. The van der Waals surface area contributed by atoms with Crippen molar-refractivity contribution in [2.75, 3.05) is 19.6 Å². The summed E-state index contributed by atoms with van der Waals surface area (Å²) in [4.78, 5) is 14.3. The van der Waals surface area contributed by atoms with E-state index in [-0.39, 0.29) is 41.6 Å². The van der Waals surface area contributed by atoms with Gasteiger partial charge in [0.2, 0.25) is 0 Å². The van der Waals surface area contributed by atoms with Gasteiger partial charge in [-0.2, -0.15) is 13.2 Å². The lowest BCUT2D eigenvalue weighted by Crippen LogP contribution is -2.57. The van der Waals surface area contributed by atoms with Gasteiger partial charge in [0.1, 0.15) is 11.5 Å². The average molecular weight is 509 g/mol. The lowest BCUT2D eigenvalue weighted by atomic mass is 9.95. The highest BCUT2D eigenvalue weighted by atomic mass is 35.5. The highest BCUT2D eigenvalue weighted by molar-refractivity contribution is 7.93. The van der Waals surface area contributed by atoms with Crippen LogP contribution in [0.15, 0.2) is 53.4 Å². The van der Waals surface area contributed by atoms with E-state index in [2.05, 4.69) is 0 Å². The molecule has 1 aliphatic rings. The van der Waals surface area contributed by atoms with Crippen LogP contribution < -0.4 is 10.2 Å². The molecule has 1 aliphatic heterocycles. The fourth-order valence-corrected chi connectivity index (χ4v) is 5.67. The smallest absolute Gasteiger partial charge is 0.416 e. The Morgan fingerprint density at radius 1 is 1.06 bits per heavy atom. The van der Waals surface area contributed by atoms with Crippen molar-refractivity contribution >= 4 is 28.2 Å². The van der Waals surface area contributed by atoms with Crippen LogP contribution in [0.25, 0.3) is 0 Å². The summed E-state index contributed by atoms with van der Waals surface area (Å²) in [6.07, 6.45) is -4.41. The second kappa shape index (κ2) is 10.3. The Bertz CT molecular complexity index is 1050. The topological polar surface area (TPSA) is 95.9 Å². The first-order chi connectivity index (χ1) is 15.0. The number of rotatable bonds is 6. The molecule has 1 fully saturated rings. The Hall–Kier alpha value is -2.34. The number of ether oxygens (including phenoxy) is 1. The maximum Gasteiger partial charge on any atom is 0.416 e. The number of hydrogen-bond donors (Lipinski definition) is 2. The second-order valence-corrected chi connectivity index (χ2v) is 9.73. The number of carbonyl (C=O) groups excluding carboxylic acids is 1. The molecule has 2 N–H and O–H groups in total. The molecule has 0 aliphatic carbocycles. The Labute approximate surface area is 195 Å². The Kier molecular flexibility index (Phi) is 8.39. The number of halogens is 4. The number of nitrogens with one attached hydrogen (secondary N) is 1. The lowest BCUT2D eigenvalue weighted by Gasteiger charge is -2.39. The van der Waals surface area contributed by atoms with Gasteiger partial charge in [-0.05, 0) is 67.9 Å². The first-order valence-corrected chi connectivity index (χ1v) is 11.4. The van der Waals surface area contributed by atoms with E-state index in [0.29, 0.717) is 19.6 Å². The summed E-state index contributed by atoms with van der Waals surface area (Å²) in [5, 5.41) is 9.20. The minimum Gasteiger partial charge on any atom is -0.457 e. The van der Waals surface area contributed by atoms with Crippen LogP contribution in [0.1, 0.15) is 25.3 Å². The maximum absolute atomic E-state index is 13.4. The molecule has 2 aromatic carbocycles. The number of nitrogens with zero attached hydrogens (tertiary/aromatic N) is 1. The minimum absolute atomic E-state index is 0. The molecule has 1 amide bonds. The van der Waals surface area contributed by atoms with Gasteiger partial charge in [0.25, 0.3) is 5.91 Å². The van der Waals surface area contributed by atoms with E-state index in [1.807, 2.05) is 11.8 Å². The first-order valence-electron chi connectivity index (χ1n) is 9.90. The van der Waals surface area contributed by atoms with Crippen molar-refractivity contribution in [3.8, 4) is 11.5 Å². The van der Waals surface area contributed by atoms with Crippen molar-refractivity contribution in [2.45, 2.75) is 35.6 Å². The summed E-state index contributed by atoms with van der Waals surface area (Å²) < 4.78 is 68.4. The van der Waals surface area contributed by atoms with E-state index < -0.39 is 32.2 Å². The molecule has 1 saturated heterocycles. The molecule has 1 heterocycles. The molecule has 33 heavy (non-hydrogen) atoms. The fourth-order valence-electron chi connectivity index (χ4n) is 3.71. The first kappa shape index (κ1) is 26.9. The molecule has 0 unspecified atom stereocenters. The SMILES string of the molecule is CCN1CCC(C(=O)NO)(S(=O)(=O)c2ccc(Oc3ccc(C(F)(F)F)cc3)cc2)CC1.Cl. The number of piperidine rings is 1. The standard InChI is InChI=1S/C21H23F3N2O5S.ClH/c1-2-26-13-11-20(12-14-26,19(27)25-28)32(29,30)18-9-7-17(8-10-18)31-16-5-3-15(4-6-16)21(22,23)24;/h3-10,28H,2,11-14H2,1H3,(H,25,27);1H. The van der Waals surface area contributed by atoms with Gasteiger partial charge < -0.3 is 9.64 Å². The third-order valence-corrected chi connectivity index (χ3v) is 8.21. The molecule has 0 bridgehead atoms. The lowest BCUT2D eigenvalue weighted by molar-refractivity contribution is -0.137. The van der Waals surface area contributed by atoms with Crippen molar-refractivity contribution < 1.29 is 36.3 Å². The van der Waals surface area contributed by atoms with Gasteiger partial charge in [-0.25, -0.2) is 13.9 Å². The number of likely N-dealkylation sites (tertiary alicyclic amines) is 1. The zero-order valence-electron chi connectivity index (χ0n) is 17.6. The van der Waals surface area contributed by atoms with Crippen LogP contribution in [-0.4, -0.2) is 48.8 Å². The molecular formula is C21H24ClF3N2O5S. The number of hydroxylamine groups is 1. The molecule has 182 valence electrons. The third-order valence-electron chi connectivity index (χ3n) is 5.69. The fraction of sp³-hybridized carbons (Fsp3) is 0.381. The number of alkyl halides is 3. The predicted octanol–water partition coefficient (Wildman–Crippen LogP) is 4.05. The highest BCUT2D eigenvalue weighted by Gasteiger charge is 2.52. The minimum atomic E-state index is -4.46. The molecule has 12 heteroatoms. The van der Waals surface area contributed by atoms with Crippen molar-refractivity contribution in [1.29, 1.82) is 0 Å². The van der Waals surface area contributed by atoms with Gasteiger partial charge in [-0.15, -0.1) is 12.4 Å². The van der Waals surface area contributed by atoms with E-state index in [0.717, 1.165) is 24.3 Å². The molecule has 0 aromatic heterocycles. The van der Waals surface area contributed by atoms with Crippen LogP contribution in [0, 0.1) is 0 Å². The van der Waals surface area contributed by atoms with Crippen LogP contribution in [0.3, 0.4) is 0 Å². The van der Waals surface area contributed by atoms with Gasteiger partial charge >= 0.3 is 6.18 Å². The number of benzene rings is 2. The number of hydrogen-bond acceptors (Lipinski definition) is 6. The van der Waals surface area contributed by atoms with E-state index in [1.165, 1.54) is 29.7 Å². The van der Waals surface area contributed by atoms with Crippen LogP contribution >= 0.6 is 12.4 Å². The monoisotopic (exact) mass is 508 g/mol. The van der Waals surface area contributed by atoms with E-state index >= 15 is 0 Å². The summed E-state index contributed by atoms with van der Waals surface area (Å²) in [7, 11) is -4.16. The van der Waals surface area contributed by atoms with Gasteiger partial charge in [0.05, 0.1) is 10.5 Å². The van der Waals surface area contributed by atoms with Crippen molar-refractivity contribution in [2.24, 2.45) is 0 Å². The van der Waals surface area contributed by atoms with Crippen LogP contribution in [0.2, 0.25) is 0 Å². The van der Waals surface area contributed by atoms with Crippen molar-refractivity contribution in [3.05, 3.63) is 54.1 Å². The number of sulfone groups is 1. The zero-order valence-corrected chi connectivity index (χ0v) is 19.3. The molecular weight excluding hydrogens is 485 g/mol. The molecule has 0 radical (unpaired) electrons. The number of amides is 1. The quantitative estimate of drug-likeness (QED) is 0.451. The molecule has 3 rings (SSSR count). The Morgan fingerprint density at radius 2 is 1.55 bits per heavy atom. The van der Waals surface area contributed by atoms with E-state index in [9.17, 15) is 31.6 Å². The second-order valence-electron chi connectivity index (χ2n) is 7.47. The van der Waals surface area contributed by atoms with Crippen molar-refractivity contribution in [1.82, 2.24) is 10.4 Å². The summed E-state index contributed by atoms with van der Waals surface area (Å²) in [5.41, 5.74) is 0.690. The van der Waals surface area contributed by atoms with Gasteiger partial charge in [0.15, 0.2) is 14.6 Å². The summed E-state index contributed by atoms with van der Waals surface area (Å²) in [5.74, 6) is -0.611. The summed E-state index contributed by atoms with van der Waals surface area (Å²) in [6.45, 7) is 3.42. The van der Waals surface area contributed by atoms with Crippen LogP contribution in [0.5, 0.6) is 11.5 Å². The number of carbonyl (C=O) groups is 1. The van der Waals surface area contributed by atoms with Crippen LogP contribution in [0.4, 0.5) is 13.2 Å². The van der Waals surface area contributed by atoms with Gasteiger partial charge in [-0.1, -0.05) is 6.92 Å². The molecule has 0 atom stereocenters. The zero-order chi connectivity index (χ0) is 23.6. The summed E-state index contributed by atoms with van der Waals surface area (Å²) in [6, 6.07) is 9.35. The molecule has 7 nitrogen and oxygen atoms in total. The van der Waals surface area contributed by atoms with E-state index in [4.69, 9.17) is 4.74 Å². The Morgan fingerprint density at radius 3 is 1.97 bits per heavy atom. The van der Waals surface area contributed by atoms with Gasteiger partial charge in [-0.3, -0.25) is 10.0 Å². The predicted molar refractivity (Wildman–Crippen MR) is 116 cm³/mol. The maximum atomic E-state index is 13.4. The molecule has 0 spiro atoms. The molecule has 0 saturated carbocycles.